The van der Waals surface area contributed by atoms with Crippen LogP contribution in [0.15, 0.2) is 188 Å². The minimum absolute atomic E-state index is 0.495. The molecule has 0 radical (unpaired) electrons. The highest BCUT2D eigenvalue weighted by molar-refractivity contribution is 6.12. The first-order valence-electron chi connectivity index (χ1n) is 19.7. The van der Waals surface area contributed by atoms with Crippen LogP contribution >= 0.6 is 0 Å². The molecule has 0 aliphatic carbocycles. The Morgan fingerprint density at radius 1 is 0.383 bits per heavy atom. The van der Waals surface area contributed by atoms with Gasteiger partial charge in [0.2, 0.25) is 0 Å². The zero-order valence-electron chi connectivity index (χ0n) is 32.6. The fraction of sp³-hybridized carbons (Fsp3) is 0.0185. The van der Waals surface area contributed by atoms with Gasteiger partial charge < -0.3 is 4.57 Å². The zero-order chi connectivity index (χ0) is 40.6. The smallest absolute Gasteiger partial charge is 0.164 e. The van der Waals surface area contributed by atoms with E-state index in [2.05, 4.69) is 102 Å². The van der Waals surface area contributed by atoms with Crippen molar-refractivity contribution in [2.75, 3.05) is 0 Å². The van der Waals surface area contributed by atoms with Crippen molar-refractivity contribution in [1.82, 2.24) is 19.5 Å². The van der Waals surface area contributed by atoms with Gasteiger partial charge >= 0.3 is 0 Å². The number of nitriles is 2. The van der Waals surface area contributed by atoms with Crippen LogP contribution in [0.2, 0.25) is 0 Å². The molecule has 0 N–H and O–H groups in total. The molecule has 0 bridgehead atoms. The van der Waals surface area contributed by atoms with Gasteiger partial charge in [0.15, 0.2) is 17.5 Å². The molecule has 0 aliphatic heterocycles. The third-order valence-electron chi connectivity index (χ3n) is 11.0. The van der Waals surface area contributed by atoms with Crippen LogP contribution in [-0.4, -0.2) is 19.5 Å². The molecule has 8 aromatic carbocycles. The summed E-state index contributed by atoms with van der Waals surface area (Å²) in [6.45, 7) is 2.10. The number of hydrogen-bond donors (Lipinski definition) is 0. The highest BCUT2D eigenvalue weighted by Gasteiger charge is 2.24. The molecular formula is C54H34N6. The second kappa shape index (κ2) is 15.1. The van der Waals surface area contributed by atoms with E-state index in [-0.39, 0.29) is 0 Å². The van der Waals surface area contributed by atoms with Gasteiger partial charge in [0.1, 0.15) is 0 Å². The number of fused-ring (bicyclic) bond motifs is 3. The first kappa shape index (κ1) is 35.9. The fourth-order valence-electron chi connectivity index (χ4n) is 8.03. The third kappa shape index (κ3) is 6.55. The van der Waals surface area contributed by atoms with Gasteiger partial charge in [-0.05, 0) is 83.8 Å². The maximum Gasteiger partial charge on any atom is 0.164 e. The van der Waals surface area contributed by atoms with Crippen molar-refractivity contribution in [2.24, 2.45) is 0 Å². The zero-order valence-corrected chi connectivity index (χ0v) is 32.6. The maximum atomic E-state index is 10.2. The van der Waals surface area contributed by atoms with E-state index in [4.69, 9.17) is 15.0 Å². The lowest BCUT2D eigenvalue weighted by Crippen LogP contribution is -2.04. The average Bonchev–Trinajstić information content (AvgIpc) is 3.65. The fourth-order valence-corrected chi connectivity index (χ4v) is 8.03. The van der Waals surface area contributed by atoms with Crippen LogP contribution < -0.4 is 0 Å². The van der Waals surface area contributed by atoms with Crippen molar-refractivity contribution in [1.29, 1.82) is 10.5 Å². The highest BCUT2D eigenvalue weighted by atomic mass is 15.0. The van der Waals surface area contributed by atoms with Gasteiger partial charge in [-0.3, -0.25) is 0 Å². The van der Waals surface area contributed by atoms with Gasteiger partial charge in [-0.1, -0.05) is 139 Å². The molecule has 6 heteroatoms. The van der Waals surface area contributed by atoms with Crippen molar-refractivity contribution >= 4 is 21.8 Å². The quantitative estimate of drug-likeness (QED) is 0.161. The Bertz CT molecular complexity index is 3200. The van der Waals surface area contributed by atoms with Gasteiger partial charge in [-0.25, -0.2) is 15.0 Å². The van der Waals surface area contributed by atoms with E-state index in [0.29, 0.717) is 28.6 Å². The second-order valence-corrected chi connectivity index (χ2v) is 14.8. The molecule has 6 nitrogen and oxygen atoms in total. The molecular weight excluding hydrogens is 733 g/mol. The summed E-state index contributed by atoms with van der Waals surface area (Å²) in [4.78, 5) is 15.2. The van der Waals surface area contributed by atoms with Crippen molar-refractivity contribution in [3.05, 3.63) is 205 Å². The van der Waals surface area contributed by atoms with Crippen LogP contribution in [0.5, 0.6) is 0 Å². The SMILES string of the molecule is Cc1ccc(-c2ccc3c(c2)c2ccccc2n3-c2c(-c3cccc(C#N)c3)cc(-c3nc(-c4ccccc4)nc(-c4ccccc4)n3)cc2-c2cccc(C#N)c2)cc1. The van der Waals surface area contributed by atoms with Crippen molar-refractivity contribution < 1.29 is 0 Å². The standard InChI is InChI=1S/C54H34N6/c1-35-22-24-38(25-23-35)41-26-27-50-48(30-41)45-20-8-9-21-49(45)60(50)51-46(42-18-10-12-36(28-42)33-55)31-44(32-47(51)43-19-11-13-37(29-43)34-56)54-58-52(39-14-4-2-5-15-39)57-53(59-54)40-16-6-3-7-17-40/h2-32H,1H3. The van der Waals surface area contributed by atoms with Gasteiger partial charge in [-0.15, -0.1) is 0 Å². The topological polar surface area (TPSA) is 91.2 Å². The van der Waals surface area contributed by atoms with Crippen LogP contribution in [0, 0.1) is 29.6 Å². The molecule has 0 saturated heterocycles. The summed E-state index contributed by atoms with van der Waals surface area (Å²) in [6.07, 6.45) is 0. The Kier molecular flexibility index (Phi) is 9.06. The van der Waals surface area contributed by atoms with Crippen molar-refractivity contribution in [3.8, 4) is 85.4 Å². The average molecular weight is 767 g/mol. The molecule has 0 amide bonds. The predicted molar refractivity (Wildman–Crippen MR) is 241 cm³/mol. The largest absolute Gasteiger partial charge is 0.308 e. The summed E-state index contributed by atoms with van der Waals surface area (Å²) in [6, 6.07) is 68.0. The Labute approximate surface area is 347 Å². The Morgan fingerprint density at radius 3 is 1.43 bits per heavy atom. The molecule has 10 rings (SSSR count). The van der Waals surface area contributed by atoms with Gasteiger partial charge in [0.25, 0.3) is 0 Å². The lowest BCUT2D eigenvalue weighted by molar-refractivity contribution is 1.07. The first-order valence-corrected chi connectivity index (χ1v) is 19.7. The monoisotopic (exact) mass is 766 g/mol. The minimum atomic E-state index is 0.495. The van der Waals surface area contributed by atoms with Crippen molar-refractivity contribution in [3.63, 3.8) is 0 Å². The summed E-state index contributed by atoms with van der Waals surface area (Å²) < 4.78 is 2.33. The summed E-state index contributed by atoms with van der Waals surface area (Å²) in [5.74, 6) is 1.60. The van der Waals surface area contributed by atoms with E-state index >= 15 is 0 Å². The third-order valence-corrected chi connectivity index (χ3v) is 11.0. The molecule has 0 fully saturated rings. The Balaban J connectivity index is 1.33. The number of para-hydroxylation sites is 1. The van der Waals surface area contributed by atoms with Crippen LogP contribution in [0.1, 0.15) is 16.7 Å². The summed E-state index contributed by atoms with van der Waals surface area (Å²) in [7, 11) is 0. The number of hydrogen-bond acceptors (Lipinski definition) is 5. The second-order valence-electron chi connectivity index (χ2n) is 14.8. The van der Waals surface area contributed by atoms with Crippen LogP contribution in [0.25, 0.3) is 95.0 Å². The van der Waals surface area contributed by atoms with E-state index in [9.17, 15) is 10.5 Å². The first-order chi connectivity index (χ1) is 29.5. The molecule has 0 atom stereocenters. The van der Waals surface area contributed by atoms with E-state index in [1.807, 2.05) is 109 Å². The number of nitrogens with zero attached hydrogens (tertiary/aromatic N) is 6. The molecule has 0 spiro atoms. The molecule has 280 valence electrons. The summed E-state index contributed by atoms with van der Waals surface area (Å²) >= 11 is 0. The van der Waals surface area contributed by atoms with Crippen LogP contribution in [0.4, 0.5) is 0 Å². The molecule has 2 aromatic heterocycles. The number of benzene rings is 8. The predicted octanol–water partition coefficient (Wildman–Crippen LogP) is 13.0. The maximum absolute atomic E-state index is 10.2. The Morgan fingerprint density at radius 2 is 0.867 bits per heavy atom. The highest BCUT2D eigenvalue weighted by Crippen LogP contribution is 2.44. The van der Waals surface area contributed by atoms with Gasteiger partial charge in [0, 0.05) is 38.6 Å². The number of rotatable bonds is 7. The van der Waals surface area contributed by atoms with Gasteiger partial charge in [-0.2, -0.15) is 10.5 Å². The molecule has 0 saturated carbocycles. The molecule has 2 heterocycles. The van der Waals surface area contributed by atoms with Crippen LogP contribution in [0.3, 0.4) is 0 Å². The normalized spacial score (nSPS) is 11.1. The Hall–Kier alpha value is -8.45. The van der Waals surface area contributed by atoms with Gasteiger partial charge in [0.05, 0.1) is 40.0 Å². The summed E-state index contributed by atoms with van der Waals surface area (Å²) in [5.41, 5.74) is 13.5. The van der Waals surface area contributed by atoms with E-state index in [1.54, 1.807) is 0 Å². The molecule has 0 aliphatic rings. The molecule has 0 unspecified atom stereocenters. The van der Waals surface area contributed by atoms with Crippen molar-refractivity contribution in [2.45, 2.75) is 6.92 Å². The van der Waals surface area contributed by atoms with E-state index in [0.717, 1.165) is 77.6 Å². The molecule has 60 heavy (non-hydrogen) atoms. The number of aromatic nitrogens is 4. The minimum Gasteiger partial charge on any atom is -0.308 e. The summed E-state index contributed by atoms with van der Waals surface area (Å²) in [5, 5.41) is 22.6. The molecule has 10 aromatic rings. The lowest BCUT2D eigenvalue weighted by Gasteiger charge is -2.21. The number of aryl methyl sites for hydroxylation is 1. The van der Waals surface area contributed by atoms with E-state index in [1.165, 1.54) is 5.56 Å². The van der Waals surface area contributed by atoms with E-state index < -0.39 is 0 Å². The van der Waals surface area contributed by atoms with Crippen LogP contribution in [-0.2, 0) is 0 Å². The lowest BCUT2D eigenvalue weighted by atomic mass is 9.91.